The number of aliphatic hydroxyl groups is 3. The summed E-state index contributed by atoms with van der Waals surface area (Å²) in [5, 5.41) is 91.5. The maximum absolute atomic E-state index is 15.2. The number of benzene rings is 3. The van der Waals surface area contributed by atoms with E-state index in [0.717, 1.165) is 11.1 Å². The quantitative estimate of drug-likeness (QED) is 0.0466. The SMILES string of the molecule is CCC[C@@H]1NC(=O)[C@H](Cc2ccc(O)cc2)NC(=O)[C@H](CCC(=O)O)NC(=O)[C@H](CCCCO)NC(=O)[C@H](CC2=CCc3ncccc32)NC(=O)[C@H]([C@@H](C)O)NC(=O)[C@H](Cc2cnc[nH]2)NC(=O)[C@H](Cc2ccc(O)cc2)NC(=O)[C@H](C(C)(C)C)NC(=O)CCSCc2cccc(c2)CSC[C@@H](C(N)=O)NC(=O)[C@H]([C@@H](C)O)NC1=O. The Balaban J connectivity index is 1.26. The number of hydrogen-bond donors (Lipinski definition) is 19. The third kappa shape index (κ3) is 29.1. The minimum Gasteiger partial charge on any atom is -0.508 e. The van der Waals surface area contributed by atoms with Crippen molar-refractivity contribution in [2.45, 2.75) is 215 Å². The number of rotatable bonds is 20. The number of phenolic OH excluding ortho intramolecular Hbond substituents is 2. The molecule has 12 amide bonds. The van der Waals surface area contributed by atoms with Crippen LogP contribution in [0.3, 0.4) is 0 Å². The van der Waals surface area contributed by atoms with Crippen molar-refractivity contribution in [3.05, 3.63) is 149 Å². The van der Waals surface area contributed by atoms with E-state index in [2.05, 4.69) is 73.4 Å². The Morgan fingerprint density at radius 2 is 1.05 bits per heavy atom. The average Bonchev–Trinajstić information content (AvgIpc) is 1.70. The number of aromatic hydroxyl groups is 2. The highest BCUT2D eigenvalue weighted by Crippen LogP contribution is 2.30. The number of aliphatic hydroxyl groups excluding tert-OH is 3. The van der Waals surface area contributed by atoms with E-state index in [1.165, 1.54) is 98.4 Å². The number of imidazole rings is 1. The molecule has 1 aliphatic carbocycles. The molecular weight excluding hydrogens is 1530 g/mol. The number of aromatic amines is 1. The molecule has 2 bridgehead atoms. The lowest BCUT2D eigenvalue weighted by Crippen LogP contribution is -2.62. The van der Waals surface area contributed by atoms with Gasteiger partial charge < -0.3 is 99.8 Å². The number of carbonyl (C=O) groups is 13. The van der Waals surface area contributed by atoms with Gasteiger partial charge >= 0.3 is 5.97 Å². The summed E-state index contributed by atoms with van der Waals surface area (Å²) in [6.45, 7) is 8.79. The van der Waals surface area contributed by atoms with E-state index in [-0.39, 0.29) is 88.1 Å². The van der Waals surface area contributed by atoms with Crippen molar-refractivity contribution in [3.63, 3.8) is 0 Å². The zero-order valence-electron chi connectivity index (χ0n) is 64.9. The van der Waals surface area contributed by atoms with Crippen LogP contribution >= 0.6 is 23.5 Å². The van der Waals surface area contributed by atoms with Gasteiger partial charge in [-0.15, -0.1) is 0 Å². The maximum Gasteiger partial charge on any atom is 0.303 e. The van der Waals surface area contributed by atoms with E-state index >= 15 is 4.79 Å². The van der Waals surface area contributed by atoms with Crippen LogP contribution in [0.1, 0.15) is 139 Å². The summed E-state index contributed by atoms with van der Waals surface area (Å²) in [4.78, 5) is 198. The Labute approximate surface area is 673 Å². The number of phenols is 2. The number of H-pyrrole nitrogens is 1. The van der Waals surface area contributed by atoms with Crippen molar-refractivity contribution in [2.75, 3.05) is 18.1 Å². The lowest BCUT2D eigenvalue weighted by Gasteiger charge is -2.32. The van der Waals surface area contributed by atoms with E-state index in [0.29, 0.717) is 57.3 Å². The molecule has 0 saturated heterocycles. The van der Waals surface area contributed by atoms with E-state index in [1.54, 1.807) is 52.1 Å². The van der Waals surface area contributed by atoms with Gasteiger partial charge in [0, 0.05) is 92.7 Å². The number of nitrogens with one attached hydrogen (secondary N) is 12. The Bertz CT molecular complexity index is 4220. The third-order valence-electron chi connectivity index (χ3n) is 19.0. The third-order valence-corrected chi connectivity index (χ3v) is 21.1. The molecular formula is C79H105N15O19S2. The first-order valence-corrected chi connectivity index (χ1v) is 40.2. The highest BCUT2D eigenvalue weighted by Gasteiger charge is 2.41. The molecule has 36 heteroatoms. The van der Waals surface area contributed by atoms with E-state index < -0.39 is 174 Å². The average molecular weight is 1630 g/mol. The molecule has 7 rings (SSSR count). The van der Waals surface area contributed by atoms with Crippen LogP contribution in [0.15, 0.2) is 110 Å². The van der Waals surface area contributed by atoms with E-state index in [9.17, 15) is 88.2 Å². The van der Waals surface area contributed by atoms with Gasteiger partial charge in [0.1, 0.15) is 78.0 Å². The van der Waals surface area contributed by atoms with Gasteiger partial charge in [-0.2, -0.15) is 23.5 Å². The Morgan fingerprint density at radius 3 is 1.57 bits per heavy atom. The van der Waals surface area contributed by atoms with Crippen LogP contribution < -0.4 is 64.2 Å². The first-order chi connectivity index (χ1) is 54.7. The smallest absolute Gasteiger partial charge is 0.303 e. The standard InChI is InChI=1S/C79H105N15O19S2/c1-7-12-55-71(106)93-66(44(3)97)77(112)91-62(68(80)103)41-115-40-48-14-10-13-47(33-48)39-114-32-29-63(100)92-67(79(4,5)6)78(113)90-59(35-46-19-24-52(99)25-20-46)73(108)88-61(37-50-38-81-42-83-50)75(110)94-65(43(2)96)76(111)89-60(36-49-21-26-54-53(49)15-11-30-82-54)74(109)85-56(16-8-9-31-95)69(104)86-57(27-28-64(101)102)70(105)87-58(72(107)84-55)34-45-17-22-51(98)23-18-45/h10-11,13-15,17-25,30,33,38,42-44,55-62,65-67,95-99H,7-9,12,16,26-29,31-32,34-37,39-41H2,1-6H3,(H2,80,103)(H,81,83)(H,84,107)(H,85,109)(H,86,104)(H,87,105)(H,88,108)(H,89,111)(H,90,113)(H,91,112)(H,92,100)(H,93,106)(H,94,110)(H,101,102)/t43-,44-,55+,56+,57+,58+,59+,60+,61+,62+,65+,66+,67-/m1/s1. The molecule has 115 heavy (non-hydrogen) atoms. The molecule has 2 aromatic heterocycles. The number of carboxylic acids is 1. The largest absolute Gasteiger partial charge is 0.508 e. The lowest BCUT2D eigenvalue weighted by molar-refractivity contribution is -0.139. The summed E-state index contributed by atoms with van der Waals surface area (Å²) < 4.78 is 0. The van der Waals surface area contributed by atoms with E-state index in [1.807, 2.05) is 24.3 Å². The topological polar surface area (TPSA) is 543 Å². The first-order valence-electron chi connectivity index (χ1n) is 37.9. The molecule has 0 unspecified atom stereocenters. The fourth-order valence-electron chi connectivity index (χ4n) is 12.7. The number of nitrogens with zero attached hydrogens (tertiary/aromatic N) is 2. The van der Waals surface area contributed by atoms with Gasteiger partial charge in [-0.1, -0.05) is 94.8 Å². The van der Waals surface area contributed by atoms with Crippen LogP contribution in [0.25, 0.3) is 5.57 Å². The molecule has 0 saturated carbocycles. The van der Waals surface area contributed by atoms with Crippen LogP contribution in [0.2, 0.25) is 0 Å². The number of amides is 12. The van der Waals surface area contributed by atoms with Crippen molar-refractivity contribution in [1.29, 1.82) is 0 Å². The summed E-state index contributed by atoms with van der Waals surface area (Å²) in [5.41, 5.74) is 9.29. The molecule has 0 spiro atoms. The highest BCUT2D eigenvalue weighted by molar-refractivity contribution is 7.98. The van der Waals surface area contributed by atoms with Gasteiger partial charge in [-0.3, -0.25) is 67.3 Å². The molecule has 3 heterocycles. The molecule has 34 nitrogen and oxygen atoms in total. The van der Waals surface area contributed by atoms with Crippen molar-refractivity contribution >= 4 is 106 Å². The number of thioether (sulfide) groups is 2. The molecule has 1 aliphatic heterocycles. The number of primary amides is 1. The van der Waals surface area contributed by atoms with Gasteiger partial charge in [0.25, 0.3) is 0 Å². The number of unbranched alkanes of at least 4 members (excludes halogenated alkanes) is 1. The fourth-order valence-corrected chi connectivity index (χ4v) is 14.6. The number of allylic oxidation sites excluding steroid dienone is 1. The molecule has 622 valence electrons. The maximum atomic E-state index is 15.2. The molecule has 0 fully saturated rings. The van der Waals surface area contributed by atoms with Gasteiger partial charge in [-0.25, -0.2) is 4.98 Å². The summed E-state index contributed by atoms with van der Waals surface area (Å²) in [6.07, 6.45) is 0.275. The van der Waals surface area contributed by atoms with Gasteiger partial charge in [0.15, 0.2) is 0 Å². The number of carbonyl (C=O) groups excluding carboxylic acids is 12. The molecule has 20 N–H and O–H groups in total. The van der Waals surface area contributed by atoms with Crippen molar-refractivity contribution in [1.82, 2.24) is 73.4 Å². The second-order valence-corrected chi connectivity index (χ2v) is 31.6. The zero-order chi connectivity index (χ0) is 84.1. The molecule has 13 atom stereocenters. The fraction of sp³-hybridized carbons (Fsp3) is 0.481. The predicted octanol–water partition coefficient (Wildman–Crippen LogP) is 0.297. The van der Waals surface area contributed by atoms with Crippen molar-refractivity contribution in [2.24, 2.45) is 11.1 Å². The summed E-state index contributed by atoms with van der Waals surface area (Å²) >= 11 is 2.66. The van der Waals surface area contributed by atoms with Crippen LogP contribution in [0.5, 0.6) is 11.5 Å². The first kappa shape index (κ1) is 91.2. The minimum atomic E-state index is -1.92. The summed E-state index contributed by atoms with van der Waals surface area (Å²) in [7, 11) is 0. The number of aliphatic carboxylic acids is 1. The highest BCUT2D eigenvalue weighted by atomic mass is 32.2. The Kier molecular flexibility index (Phi) is 35.4. The summed E-state index contributed by atoms with van der Waals surface area (Å²) in [6, 6.07) is 4.39. The number of carboxylic acid groups (broad SMARTS) is 1. The number of nitrogens with two attached hydrogens (primary N) is 1. The van der Waals surface area contributed by atoms with Crippen LogP contribution in [-0.4, -0.2) is 219 Å². The van der Waals surface area contributed by atoms with Crippen molar-refractivity contribution in [3.8, 4) is 11.5 Å². The predicted molar refractivity (Wildman–Crippen MR) is 426 cm³/mol. The zero-order valence-corrected chi connectivity index (χ0v) is 66.5. The molecule has 5 aromatic rings. The van der Waals surface area contributed by atoms with Gasteiger partial charge in [0.05, 0.1) is 24.2 Å². The number of fused-ring (bicyclic) bond motifs is 3. The minimum absolute atomic E-state index is 0.0419. The van der Waals surface area contributed by atoms with Crippen molar-refractivity contribution < 1.29 is 93.0 Å². The normalized spacial score (nSPS) is 23.7. The monoisotopic (exact) mass is 1630 g/mol. The Hall–Kier alpha value is -11.0. The van der Waals surface area contributed by atoms with Gasteiger partial charge in [-0.05, 0) is 115 Å². The second kappa shape index (κ2) is 44.6. The molecule has 2 aliphatic rings. The van der Waals surface area contributed by atoms with Crippen LogP contribution in [-0.2, 0) is 99.5 Å². The Morgan fingerprint density at radius 1 is 0.565 bits per heavy atom. The molecule has 3 aromatic carbocycles. The van der Waals surface area contributed by atoms with Crippen LogP contribution in [0.4, 0.5) is 0 Å². The van der Waals surface area contributed by atoms with Gasteiger partial charge in [0.2, 0.25) is 70.9 Å². The number of aromatic nitrogens is 3. The molecule has 0 radical (unpaired) electrons. The number of pyridine rings is 1. The lowest BCUT2D eigenvalue weighted by atomic mass is 9.85. The number of hydrogen-bond acceptors (Lipinski definition) is 22. The summed E-state index contributed by atoms with van der Waals surface area (Å²) in [5.74, 6) is -12.3. The van der Waals surface area contributed by atoms with E-state index in [4.69, 9.17) is 5.73 Å². The second-order valence-electron chi connectivity index (χ2n) is 29.4. The van der Waals surface area contributed by atoms with Crippen LogP contribution in [0, 0.1) is 5.41 Å².